The maximum Gasteiger partial charge on any atom is 0.186 e. The first-order valence-corrected chi connectivity index (χ1v) is 4.96. The normalized spacial score (nSPS) is 41.8. The predicted octanol–water partition coefficient (Wildman–Crippen LogP) is 0.423. The highest BCUT2D eigenvalue weighted by molar-refractivity contribution is 4.90. The van der Waals surface area contributed by atoms with E-state index in [4.69, 9.17) is 23.7 Å². The van der Waals surface area contributed by atoms with Crippen LogP contribution in [0.3, 0.4) is 0 Å². The fourth-order valence-corrected chi connectivity index (χ4v) is 2.00. The largest absolute Gasteiger partial charge is 0.376 e. The van der Waals surface area contributed by atoms with Crippen molar-refractivity contribution in [1.29, 1.82) is 0 Å². The third-order valence-electron chi connectivity index (χ3n) is 2.78. The van der Waals surface area contributed by atoms with E-state index >= 15 is 0 Å². The molecule has 0 aromatic carbocycles. The molecule has 1 unspecified atom stereocenters. The van der Waals surface area contributed by atoms with Gasteiger partial charge in [0.2, 0.25) is 0 Å². The first-order valence-electron chi connectivity index (χ1n) is 4.96. The fourth-order valence-electron chi connectivity index (χ4n) is 2.00. The number of hydrogen-bond donors (Lipinski definition) is 0. The second-order valence-electron chi connectivity index (χ2n) is 3.55. The summed E-state index contributed by atoms with van der Waals surface area (Å²) in [5.41, 5.74) is 0. The van der Waals surface area contributed by atoms with Crippen LogP contribution in [0.5, 0.6) is 0 Å². The maximum atomic E-state index is 5.62. The molecule has 0 aliphatic carbocycles. The van der Waals surface area contributed by atoms with Crippen LogP contribution < -0.4 is 0 Å². The zero-order valence-corrected chi connectivity index (χ0v) is 9.93. The Hall–Kier alpha value is -0.200. The Balaban J connectivity index is 2.80. The molecule has 0 N–H and O–H groups in total. The summed E-state index contributed by atoms with van der Waals surface area (Å²) in [7, 11) is 6.46. The molecule has 0 bridgehead atoms. The van der Waals surface area contributed by atoms with E-state index in [2.05, 4.69) is 0 Å². The van der Waals surface area contributed by atoms with Gasteiger partial charge in [-0.3, -0.25) is 0 Å². The Bertz CT molecular complexity index is 187. The quantitative estimate of drug-likeness (QED) is 0.687. The van der Waals surface area contributed by atoms with E-state index in [1.54, 1.807) is 28.4 Å². The van der Waals surface area contributed by atoms with Crippen molar-refractivity contribution in [2.75, 3.05) is 28.4 Å². The van der Waals surface area contributed by atoms with Gasteiger partial charge in [-0.05, 0) is 6.92 Å². The smallest absolute Gasteiger partial charge is 0.186 e. The third kappa shape index (κ3) is 2.49. The molecule has 0 aromatic rings. The van der Waals surface area contributed by atoms with Crippen molar-refractivity contribution in [2.45, 2.75) is 37.6 Å². The standard InChI is InChI=1S/C10H20O5/c1-6-7(11-2)8(12-3)9(13-4)10(14-5)15-6/h6-10H,1-5H3/t6-,7-,8+,9+,10?/m0/s1. The molecule has 0 amide bonds. The van der Waals surface area contributed by atoms with Crippen molar-refractivity contribution in [3.05, 3.63) is 0 Å². The molecular weight excluding hydrogens is 200 g/mol. The number of rotatable bonds is 4. The van der Waals surface area contributed by atoms with Gasteiger partial charge in [-0.1, -0.05) is 0 Å². The monoisotopic (exact) mass is 220 g/mol. The molecule has 0 saturated carbocycles. The molecule has 90 valence electrons. The Morgan fingerprint density at radius 3 is 1.67 bits per heavy atom. The maximum absolute atomic E-state index is 5.62. The van der Waals surface area contributed by atoms with Gasteiger partial charge in [-0.25, -0.2) is 0 Å². The molecule has 15 heavy (non-hydrogen) atoms. The van der Waals surface area contributed by atoms with Crippen molar-refractivity contribution in [1.82, 2.24) is 0 Å². The zero-order chi connectivity index (χ0) is 11.4. The zero-order valence-electron chi connectivity index (χ0n) is 9.93. The summed E-state index contributed by atoms with van der Waals surface area (Å²) in [6.07, 6.45) is -1.11. The summed E-state index contributed by atoms with van der Waals surface area (Å²) in [6, 6.07) is 0. The number of hydrogen-bond acceptors (Lipinski definition) is 5. The van der Waals surface area contributed by atoms with Crippen LogP contribution in [0.25, 0.3) is 0 Å². The van der Waals surface area contributed by atoms with Crippen molar-refractivity contribution < 1.29 is 23.7 Å². The average molecular weight is 220 g/mol. The Labute approximate surface area is 90.6 Å². The average Bonchev–Trinajstić information content (AvgIpc) is 2.27. The van der Waals surface area contributed by atoms with Gasteiger partial charge in [0, 0.05) is 28.4 Å². The molecular formula is C10H20O5. The fraction of sp³-hybridized carbons (Fsp3) is 1.00. The number of ether oxygens (including phenoxy) is 5. The summed E-state index contributed by atoms with van der Waals surface area (Å²) in [4.78, 5) is 0. The minimum atomic E-state index is -0.415. The summed E-state index contributed by atoms with van der Waals surface area (Å²) in [6.45, 7) is 1.93. The molecule has 5 atom stereocenters. The van der Waals surface area contributed by atoms with Crippen LogP contribution in [0, 0.1) is 0 Å². The number of methoxy groups -OCH3 is 4. The van der Waals surface area contributed by atoms with Gasteiger partial charge in [0.15, 0.2) is 6.29 Å². The molecule has 1 aliphatic rings. The molecule has 1 saturated heterocycles. The van der Waals surface area contributed by atoms with Gasteiger partial charge >= 0.3 is 0 Å². The van der Waals surface area contributed by atoms with Gasteiger partial charge in [0.25, 0.3) is 0 Å². The highest BCUT2D eigenvalue weighted by Gasteiger charge is 2.45. The summed E-state index contributed by atoms with van der Waals surface area (Å²) >= 11 is 0. The Kier molecular flexibility index (Phi) is 4.95. The second-order valence-corrected chi connectivity index (χ2v) is 3.55. The molecule has 0 aromatic heterocycles. The topological polar surface area (TPSA) is 46.2 Å². The first-order chi connectivity index (χ1) is 7.19. The van der Waals surface area contributed by atoms with Crippen LogP contribution in [0.15, 0.2) is 0 Å². The van der Waals surface area contributed by atoms with Crippen LogP contribution in [-0.2, 0) is 23.7 Å². The van der Waals surface area contributed by atoms with E-state index < -0.39 is 6.29 Å². The van der Waals surface area contributed by atoms with Gasteiger partial charge in [0.05, 0.1) is 6.10 Å². The van der Waals surface area contributed by atoms with Crippen molar-refractivity contribution in [3.8, 4) is 0 Å². The van der Waals surface area contributed by atoms with E-state index in [-0.39, 0.29) is 24.4 Å². The molecule has 5 heteroatoms. The van der Waals surface area contributed by atoms with Gasteiger partial charge in [-0.2, -0.15) is 0 Å². The van der Waals surface area contributed by atoms with Crippen LogP contribution in [0.1, 0.15) is 6.92 Å². The summed E-state index contributed by atoms with van der Waals surface area (Å²) in [5, 5.41) is 0. The van der Waals surface area contributed by atoms with Crippen LogP contribution in [0.4, 0.5) is 0 Å². The first kappa shape index (κ1) is 12.9. The highest BCUT2D eigenvalue weighted by Crippen LogP contribution is 2.26. The van der Waals surface area contributed by atoms with Crippen molar-refractivity contribution >= 4 is 0 Å². The molecule has 1 aliphatic heterocycles. The SMILES string of the molecule is COC1O[C@@H](C)[C@H](OC)[C@@H](OC)[C@H]1OC. The van der Waals surface area contributed by atoms with Gasteiger partial charge < -0.3 is 23.7 Å². The van der Waals surface area contributed by atoms with E-state index in [9.17, 15) is 0 Å². The van der Waals surface area contributed by atoms with Gasteiger partial charge in [-0.15, -0.1) is 0 Å². The molecule has 1 rings (SSSR count). The van der Waals surface area contributed by atoms with E-state index in [0.29, 0.717) is 0 Å². The molecule has 5 nitrogen and oxygen atoms in total. The Morgan fingerprint density at radius 2 is 1.27 bits per heavy atom. The third-order valence-corrected chi connectivity index (χ3v) is 2.78. The van der Waals surface area contributed by atoms with Crippen LogP contribution >= 0.6 is 0 Å². The molecule has 0 radical (unpaired) electrons. The predicted molar refractivity (Wildman–Crippen MR) is 53.7 cm³/mol. The lowest BCUT2D eigenvalue weighted by atomic mass is 9.99. The Morgan fingerprint density at radius 1 is 0.733 bits per heavy atom. The van der Waals surface area contributed by atoms with E-state index in [1.165, 1.54) is 0 Å². The molecule has 1 fully saturated rings. The lowest BCUT2D eigenvalue weighted by Crippen LogP contribution is -2.59. The molecule has 0 spiro atoms. The minimum absolute atomic E-state index is 0.0868. The van der Waals surface area contributed by atoms with Crippen molar-refractivity contribution in [2.24, 2.45) is 0 Å². The van der Waals surface area contributed by atoms with E-state index in [0.717, 1.165) is 0 Å². The van der Waals surface area contributed by atoms with Crippen LogP contribution in [-0.4, -0.2) is 59.1 Å². The lowest BCUT2D eigenvalue weighted by molar-refractivity contribution is -0.298. The molecule has 1 heterocycles. The summed E-state index contributed by atoms with van der Waals surface area (Å²) in [5.74, 6) is 0. The van der Waals surface area contributed by atoms with Gasteiger partial charge in [0.1, 0.15) is 18.3 Å². The second kappa shape index (κ2) is 5.77. The lowest BCUT2D eigenvalue weighted by Gasteiger charge is -2.43. The van der Waals surface area contributed by atoms with Crippen LogP contribution in [0.2, 0.25) is 0 Å². The summed E-state index contributed by atoms with van der Waals surface area (Å²) < 4.78 is 26.9. The minimum Gasteiger partial charge on any atom is -0.376 e. The highest BCUT2D eigenvalue weighted by atomic mass is 16.7. The van der Waals surface area contributed by atoms with E-state index in [1.807, 2.05) is 6.92 Å². The van der Waals surface area contributed by atoms with Crippen molar-refractivity contribution in [3.63, 3.8) is 0 Å².